The Morgan fingerprint density at radius 3 is 2.73 bits per heavy atom. The van der Waals surface area contributed by atoms with Gasteiger partial charge in [-0.3, -0.25) is 4.68 Å². The molecule has 0 saturated heterocycles. The molecule has 2 heterocycles. The number of furan rings is 1. The fourth-order valence-corrected chi connectivity index (χ4v) is 2.71. The molecule has 0 amide bonds. The molecule has 0 atom stereocenters. The number of aryl methyl sites for hydroxylation is 1. The smallest absolute Gasteiger partial charge is 0.191 e. The number of aromatic nitrogens is 2. The Kier molecular flexibility index (Phi) is 6.49. The van der Waals surface area contributed by atoms with Crippen molar-refractivity contribution in [3.63, 3.8) is 0 Å². The first kappa shape index (κ1) is 18.3. The molecule has 3 rings (SSSR count). The standard InChI is InChI=1S/C19H22BrN5O/c1-25-17(8-11-24-25)14-23-19(21-10-9-18-3-2-12-26-18)22-13-15-4-6-16(20)7-5-15/h2-8,11-12H,9-10,13-14H2,1H3,(H2,21,22,23). The van der Waals surface area contributed by atoms with Gasteiger partial charge in [0.1, 0.15) is 5.76 Å². The van der Waals surface area contributed by atoms with E-state index < -0.39 is 0 Å². The van der Waals surface area contributed by atoms with Gasteiger partial charge in [-0.1, -0.05) is 28.1 Å². The number of nitrogens with zero attached hydrogens (tertiary/aromatic N) is 3. The van der Waals surface area contributed by atoms with Crippen LogP contribution in [-0.2, 0) is 26.6 Å². The largest absolute Gasteiger partial charge is 0.469 e. The first-order valence-corrected chi connectivity index (χ1v) is 9.26. The molecular formula is C19H22BrN5O. The van der Waals surface area contributed by atoms with Gasteiger partial charge < -0.3 is 15.1 Å². The molecule has 0 aliphatic heterocycles. The van der Waals surface area contributed by atoms with Gasteiger partial charge in [0, 0.05) is 30.7 Å². The van der Waals surface area contributed by atoms with Crippen LogP contribution >= 0.6 is 15.9 Å². The summed E-state index contributed by atoms with van der Waals surface area (Å²) in [4.78, 5) is 4.69. The van der Waals surface area contributed by atoms with Crippen molar-refractivity contribution in [2.75, 3.05) is 6.54 Å². The molecule has 0 aliphatic carbocycles. The highest BCUT2D eigenvalue weighted by atomic mass is 79.9. The molecule has 2 N–H and O–H groups in total. The van der Waals surface area contributed by atoms with Gasteiger partial charge in [0.05, 0.1) is 25.0 Å². The zero-order chi connectivity index (χ0) is 18.2. The Hall–Kier alpha value is -2.54. The average molecular weight is 416 g/mol. The number of nitrogens with one attached hydrogen (secondary N) is 2. The van der Waals surface area contributed by atoms with E-state index in [9.17, 15) is 0 Å². The number of halogens is 1. The normalized spacial score (nSPS) is 11.5. The van der Waals surface area contributed by atoms with E-state index in [2.05, 4.69) is 43.8 Å². The minimum absolute atomic E-state index is 0.606. The number of hydrogen-bond donors (Lipinski definition) is 2. The first-order chi connectivity index (χ1) is 12.7. The lowest BCUT2D eigenvalue weighted by Gasteiger charge is -2.12. The number of guanidine groups is 1. The molecule has 2 aromatic heterocycles. The fraction of sp³-hybridized carbons (Fsp3) is 0.263. The molecule has 26 heavy (non-hydrogen) atoms. The van der Waals surface area contributed by atoms with Crippen LogP contribution in [0.1, 0.15) is 17.0 Å². The van der Waals surface area contributed by atoms with Crippen molar-refractivity contribution in [1.82, 2.24) is 20.4 Å². The van der Waals surface area contributed by atoms with Crippen LogP contribution in [0, 0.1) is 0 Å². The maximum atomic E-state index is 5.37. The second kappa shape index (κ2) is 9.24. The summed E-state index contributed by atoms with van der Waals surface area (Å²) in [6.45, 7) is 2.00. The molecule has 0 radical (unpaired) electrons. The molecule has 0 unspecified atom stereocenters. The Labute approximate surface area is 161 Å². The third kappa shape index (κ3) is 5.49. The van der Waals surface area contributed by atoms with Gasteiger partial charge in [-0.25, -0.2) is 4.99 Å². The second-order valence-corrected chi connectivity index (χ2v) is 6.76. The monoisotopic (exact) mass is 415 g/mol. The molecule has 6 nitrogen and oxygen atoms in total. The van der Waals surface area contributed by atoms with Gasteiger partial charge in [-0.05, 0) is 35.9 Å². The summed E-state index contributed by atoms with van der Waals surface area (Å²) in [5.41, 5.74) is 2.25. The minimum atomic E-state index is 0.606. The molecule has 7 heteroatoms. The molecule has 0 spiro atoms. The molecular weight excluding hydrogens is 394 g/mol. The minimum Gasteiger partial charge on any atom is -0.469 e. The summed E-state index contributed by atoms with van der Waals surface area (Å²) in [7, 11) is 1.93. The van der Waals surface area contributed by atoms with Gasteiger partial charge in [-0.2, -0.15) is 5.10 Å². The van der Waals surface area contributed by atoms with Crippen molar-refractivity contribution in [2.24, 2.45) is 12.0 Å². The van der Waals surface area contributed by atoms with Crippen molar-refractivity contribution in [3.05, 3.63) is 76.4 Å². The number of hydrogen-bond acceptors (Lipinski definition) is 3. The summed E-state index contributed by atoms with van der Waals surface area (Å²) in [6.07, 6.45) is 4.29. The van der Waals surface area contributed by atoms with Crippen molar-refractivity contribution in [2.45, 2.75) is 19.5 Å². The molecule has 0 fully saturated rings. The maximum absolute atomic E-state index is 5.37. The summed E-state index contributed by atoms with van der Waals surface area (Å²) < 4.78 is 8.29. The third-order valence-electron chi connectivity index (χ3n) is 3.94. The van der Waals surface area contributed by atoms with Crippen LogP contribution in [0.3, 0.4) is 0 Å². The Morgan fingerprint density at radius 2 is 2.04 bits per heavy atom. The van der Waals surface area contributed by atoms with Crippen LogP contribution in [0.4, 0.5) is 0 Å². The van der Waals surface area contributed by atoms with E-state index in [0.717, 1.165) is 40.4 Å². The number of benzene rings is 1. The molecule has 3 aromatic rings. The van der Waals surface area contributed by atoms with Crippen molar-refractivity contribution in [1.29, 1.82) is 0 Å². The van der Waals surface area contributed by atoms with Gasteiger partial charge in [0.2, 0.25) is 0 Å². The topological polar surface area (TPSA) is 67.4 Å². The average Bonchev–Trinajstić information content (AvgIpc) is 3.30. The van der Waals surface area contributed by atoms with Crippen molar-refractivity contribution < 1.29 is 4.42 Å². The van der Waals surface area contributed by atoms with Gasteiger partial charge in [0.15, 0.2) is 5.96 Å². The third-order valence-corrected chi connectivity index (χ3v) is 4.47. The Balaban J connectivity index is 1.60. The highest BCUT2D eigenvalue weighted by molar-refractivity contribution is 9.10. The molecule has 0 aliphatic rings. The van der Waals surface area contributed by atoms with E-state index in [4.69, 9.17) is 9.41 Å². The van der Waals surface area contributed by atoms with E-state index >= 15 is 0 Å². The van der Waals surface area contributed by atoms with Crippen LogP contribution in [0.25, 0.3) is 0 Å². The SMILES string of the molecule is Cn1nccc1CNC(=NCc1ccc(Br)cc1)NCCc1ccco1. The van der Waals surface area contributed by atoms with Crippen molar-refractivity contribution >= 4 is 21.9 Å². The zero-order valence-corrected chi connectivity index (χ0v) is 16.2. The quantitative estimate of drug-likeness (QED) is 0.459. The number of rotatable bonds is 7. The number of aliphatic imine (C=N–C) groups is 1. The van der Waals surface area contributed by atoms with Crippen LogP contribution in [-0.4, -0.2) is 22.3 Å². The highest BCUT2D eigenvalue weighted by Crippen LogP contribution is 2.11. The Bertz CT molecular complexity index is 824. The fourth-order valence-electron chi connectivity index (χ4n) is 2.44. The van der Waals surface area contributed by atoms with E-state index in [-0.39, 0.29) is 0 Å². The lowest BCUT2D eigenvalue weighted by molar-refractivity contribution is 0.506. The summed E-state index contributed by atoms with van der Waals surface area (Å²) >= 11 is 3.45. The first-order valence-electron chi connectivity index (χ1n) is 8.46. The van der Waals surface area contributed by atoms with E-state index in [0.29, 0.717) is 13.1 Å². The van der Waals surface area contributed by atoms with Crippen LogP contribution in [0.2, 0.25) is 0 Å². The molecule has 1 aromatic carbocycles. The highest BCUT2D eigenvalue weighted by Gasteiger charge is 2.03. The van der Waals surface area contributed by atoms with Gasteiger partial charge in [-0.15, -0.1) is 0 Å². The zero-order valence-electron chi connectivity index (χ0n) is 14.7. The Morgan fingerprint density at radius 1 is 1.19 bits per heavy atom. The lowest BCUT2D eigenvalue weighted by Crippen LogP contribution is -2.38. The predicted octanol–water partition coefficient (Wildman–Crippen LogP) is 3.25. The molecule has 0 saturated carbocycles. The second-order valence-electron chi connectivity index (χ2n) is 5.85. The van der Waals surface area contributed by atoms with E-state index in [1.807, 2.05) is 42.1 Å². The van der Waals surface area contributed by atoms with E-state index in [1.165, 1.54) is 0 Å². The maximum Gasteiger partial charge on any atom is 0.191 e. The van der Waals surface area contributed by atoms with Crippen molar-refractivity contribution in [3.8, 4) is 0 Å². The predicted molar refractivity (Wildman–Crippen MR) is 106 cm³/mol. The molecule has 136 valence electrons. The lowest BCUT2D eigenvalue weighted by atomic mass is 10.2. The van der Waals surface area contributed by atoms with Gasteiger partial charge in [0.25, 0.3) is 0 Å². The van der Waals surface area contributed by atoms with Crippen LogP contribution in [0.5, 0.6) is 0 Å². The summed E-state index contributed by atoms with van der Waals surface area (Å²) in [5.74, 6) is 1.72. The van der Waals surface area contributed by atoms with E-state index in [1.54, 1.807) is 12.5 Å². The summed E-state index contributed by atoms with van der Waals surface area (Å²) in [5, 5.41) is 10.9. The van der Waals surface area contributed by atoms with Crippen LogP contribution in [0.15, 0.2) is 68.8 Å². The van der Waals surface area contributed by atoms with Crippen LogP contribution < -0.4 is 10.6 Å². The summed E-state index contributed by atoms with van der Waals surface area (Å²) in [6, 6.07) is 14.0. The van der Waals surface area contributed by atoms with Gasteiger partial charge >= 0.3 is 0 Å². The molecule has 0 bridgehead atoms.